The summed E-state index contributed by atoms with van der Waals surface area (Å²) in [6.45, 7) is 2.79. The third-order valence-electron chi connectivity index (χ3n) is 4.08. The van der Waals surface area contributed by atoms with Gasteiger partial charge >= 0.3 is 0 Å². The summed E-state index contributed by atoms with van der Waals surface area (Å²) in [5.74, 6) is 0.520. The summed E-state index contributed by atoms with van der Waals surface area (Å²) in [4.78, 5) is 0. The Morgan fingerprint density at radius 1 is 1.17 bits per heavy atom. The van der Waals surface area contributed by atoms with E-state index in [0.29, 0.717) is 11.4 Å². The van der Waals surface area contributed by atoms with E-state index in [1.165, 1.54) is 11.1 Å². The Kier molecular flexibility index (Phi) is 3.32. The Morgan fingerprint density at radius 3 is 2.71 bits per heavy atom. The zero-order valence-corrected chi connectivity index (χ0v) is 13.1. The maximum atomic E-state index is 9.46. The van der Waals surface area contributed by atoms with E-state index in [-0.39, 0.29) is 0 Å². The molecular weight excluding hydrogens is 300 g/mol. The number of aromatic amines is 1. The van der Waals surface area contributed by atoms with Crippen LogP contribution in [0.5, 0.6) is 0 Å². The molecule has 116 valence electrons. The monoisotopic (exact) mass is 314 g/mol. The lowest BCUT2D eigenvalue weighted by Gasteiger charge is -2.06. The highest BCUT2D eigenvalue weighted by Crippen LogP contribution is 2.26. The highest BCUT2D eigenvalue weighted by Gasteiger charge is 2.12. The quantitative estimate of drug-likeness (QED) is 0.630. The van der Waals surface area contributed by atoms with E-state index >= 15 is 0 Å². The van der Waals surface area contributed by atoms with Gasteiger partial charge in [-0.1, -0.05) is 29.8 Å². The molecule has 0 atom stereocenters. The molecule has 0 bridgehead atoms. The maximum absolute atomic E-state index is 9.46. The Bertz CT molecular complexity index is 1040. The number of tetrazole rings is 1. The van der Waals surface area contributed by atoms with Gasteiger partial charge in [-0.2, -0.15) is 10.5 Å². The number of aryl methyl sites for hydroxylation is 1. The number of aromatic nitrogens is 5. The van der Waals surface area contributed by atoms with Crippen LogP contribution in [-0.2, 0) is 6.54 Å². The molecule has 0 fully saturated rings. The van der Waals surface area contributed by atoms with Crippen LogP contribution in [0.2, 0.25) is 0 Å². The predicted molar refractivity (Wildman–Crippen MR) is 90.1 cm³/mol. The zero-order valence-electron chi connectivity index (χ0n) is 13.1. The summed E-state index contributed by atoms with van der Waals surface area (Å²) < 4.78 is 2.10. The van der Waals surface area contributed by atoms with Gasteiger partial charge in [0.2, 0.25) is 5.82 Å². The molecule has 24 heavy (non-hydrogen) atoms. The summed E-state index contributed by atoms with van der Waals surface area (Å²) in [6.07, 6.45) is 1.89. The van der Waals surface area contributed by atoms with E-state index in [1.54, 1.807) is 0 Å². The lowest BCUT2D eigenvalue weighted by molar-refractivity contribution is 0.835. The van der Waals surface area contributed by atoms with Crippen LogP contribution in [0.3, 0.4) is 0 Å². The van der Waals surface area contributed by atoms with E-state index in [9.17, 15) is 5.26 Å². The largest absolute Gasteiger partial charge is 0.342 e. The van der Waals surface area contributed by atoms with Crippen molar-refractivity contribution in [3.63, 3.8) is 0 Å². The van der Waals surface area contributed by atoms with Gasteiger partial charge in [0.05, 0.1) is 5.56 Å². The van der Waals surface area contributed by atoms with Gasteiger partial charge in [-0.05, 0) is 35.9 Å². The number of nitrogens with one attached hydrogen (secondary N) is 1. The van der Waals surface area contributed by atoms with Crippen molar-refractivity contribution in [2.45, 2.75) is 13.5 Å². The van der Waals surface area contributed by atoms with Crippen LogP contribution in [0.25, 0.3) is 22.3 Å². The SMILES string of the molecule is Cc1ccc(Cn2cc(C#N)c3cc(-c4nn[nH]n4)ccc32)cc1. The lowest BCUT2D eigenvalue weighted by atomic mass is 10.1. The van der Waals surface area contributed by atoms with Crippen LogP contribution in [-0.4, -0.2) is 25.2 Å². The second-order valence-electron chi connectivity index (χ2n) is 5.74. The molecule has 0 aliphatic carbocycles. The predicted octanol–water partition coefficient (Wildman–Crippen LogP) is 3.05. The third kappa shape index (κ3) is 2.42. The Hall–Kier alpha value is -3.46. The van der Waals surface area contributed by atoms with Gasteiger partial charge in [0.15, 0.2) is 0 Å². The number of nitrogens with zero attached hydrogens (tertiary/aromatic N) is 5. The minimum Gasteiger partial charge on any atom is -0.342 e. The van der Waals surface area contributed by atoms with Crippen molar-refractivity contribution in [2.75, 3.05) is 0 Å². The van der Waals surface area contributed by atoms with Crippen molar-refractivity contribution in [1.82, 2.24) is 25.2 Å². The van der Waals surface area contributed by atoms with E-state index in [0.717, 1.165) is 23.0 Å². The van der Waals surface area contributed by atoms with Crippen LogP contribution >= 0.6 is 0 Å². The summed E-state index contributed by atoms with van der Waals surface area (Å²) in [5, 5.41) is 24.4. The highest BCUT2D eigenvalue weighted by atomic mass is 15.5. The first-order valence-corrected chi connectivity index (χ1v) is 7.57. The van der Waals surface area contributed by atoms with Gasteiger partial charge in [-0.25, -0.2) is 0 Å². The molecule has 1 N–H and O–H groups in total. The second kappa shape index (κ2) is 5.63. The van der Waals surface area contributed by atoms with Gasteiger partial charge in [0.25, 0.3) is 0 Å². The van der Waals surface area contributed by atoms with Crippen LogP contribution in [0.15, 0.2) is 48.7 Å². The number of hydrogen-bond acceptors (Lipinski definition) is 4. The molecule has 0 saturated carbocycles. The Morgan fingerprint density at radius 2 is 2.00 bits per heavy atom. The van der Waals surface area contributed by atoms with Gasteiger partial charge in [-0.15, -0.1) is 10.2 Å². The molecule has 2 aromatic carbocycles. The Balaban J connectivity index is 1.79. The summed E-state index contributed by atoms with van der Waals surface area (Å²) in [5.41, 5.74) is 4.92. The molecule has 2 aromatic heterocycles. The van der Waals surface area contributed by atoms with Crippen LogP contribution in [0, 0.1) is 18.3 Å². The highest BCUT2D eigenvalue weighted by molar-refractivity contribution is 5.89. The summed E-state index contributed by atoms with van der Waals surface area (Å²) >= 11 is 0. The van der Waals surface area contributed by atoms with Crippen LogP contribution in [0.1, 0.15) is 16.7 Å². The van der Waals surface area contributed by atoms with Crippen LogP contribution in [0.4, 0.5) is 0 Å². The standard InChI is InChI=1S/C18H14N6/c1-12-2-4-13(5-3-12)10-24-11-15(9-19)16-8-14(6-7-17(16)24)18-20-22-23-21-18/h2-8,11H,10H2,1H3,(H,20,21,22,23). The van der Waals surface area contributed by atoms with E-state index in [1.807, 2.05) is 24.4 Å². The van der Waals surface area contributed by atoms with Crippen LogP contribution < -0.4 is 0 Å². The number of hydrogen-bond donors (Lipinski definition) is 1. The molecule has 4 aromatic rings. The molecule has 0 radical (unpaired) electrons. The minimum absolute atomic E-state index is 0.520. The molecule has 0 saturated heterocycles. The molecular formula is C18H14N6. The van der Waals surface area contributed by atoms with E-state index in [2.05, 4.69) is 62.4 Å². The van der Waals surface area contributed by atoms with Crippen molar-refractivity contribution in [2.24, 2.45) is 0 Å². The average molecular weight is 314 g/mol. The first-order chi connectivity index (χ1) is 11.7. The number of rotatable bonds is 3. The molecule has 0 aliphatic heterocycles. The van der Waals surface area contributed by atoms with Crippen molar-refractivity contribution in [3.8, 4) is 17.5 Å². The molecule has 0 aliphatic rings. The average Bonchev–Trinajstić information content (AvgIpc) is 3.25. The van der Waals surface area contributed by atoms with Crippen molar-refractivity contribution in [3.05, 3.63) is 65.4 Å². The number of H-pyrrole nitrogens is 1. The van der Waals surface area contributed by atoms with Gasteiger partial charge in [0.1, 0.15) is 6.07 Å². The lowest BCUT2D eigenvalue weighted by Crippen LogP contribution is -1.97. The first kappa shape index (κ1) is 14.2. The fourth-order valence-corrected chi connectivity index (χ4v) is 2.83. The molecule has 0 unspecified atom stereocenters. The van der Waals surface area contributed by atoms with Crippen molar-refractivity contribution >= 4 is 10.9 Å². The molecule has 6 nitrogen and oxygen atoms in total. The molecule has 0 amide bonds. The molecule has 2 heterocycles. The zero-order chi connectivity index (χ0) is 16.5. The number of benzene rings is 2. The number of nitriles is 1. The van der Waals surface area contributed by atoms with Gasteiger partial charge in [-0.3, -0.25) is 0 Å². The van der Waals surface area contributed by atoms with Gasteiger partial charge in [0, 0.05) is 29.2 Å². The van der Waals surface area contributed by atoms with Crippen molar-refractivity contribution in [1.29, 1.82) is 5.26 Å². The van der Waals surface area contributed by atoms with Crippen molar-refractivity contribution < 1.29 is 0 Å². The Labute approximate surface area is 138 Å². The fraction of sp³-hybridized carbons (Fsp3) is 0.111. The normalized spacial score (nSPS) is 10.8. The van der Waals surface area contributed by atoms with E-state index in [4.69, 9.17) is 0 Å². The summed E-state index contributed by atoms with van der Waals surface area (Å²) in [7, 11) is 0. The smallest absolute Gasteiger partial charge is 0.204 e. The molecule has 4 rings (SSSR count). The summed E-state index contributed by atoms with van der Waals surface area (Å²) in [6, 6.07) is 16.6. The molecule has 0 spiro atoms. The van der Waals surface area contributed by atoms with Gasteiger partial charge < -0.3 is 4.57 Å². The topological polar surface area (TPSA) is 83.2 Å². The number of fused-ring (bicyclic) bond motifs is 1. The first-order valence-electron chi connectivity index (χ1n) is 7.57. The third-order valence-corrected chi connectivity index (χ3v) is 4.08. The second-order valence-corrected chi connectivity index (χ2v) is 5.74. The van der Waals surface area contributed by atoms with E-state index < -0.39 is 0 Å². The minimum atomic E-state index is 0.520. The molecule has 6 heteroatoms. The maximum Gasteiger partial charge on any atom is 0.204 e. The fourth-order valence-electron chi connectivity index (χ4n) is 2.83.